The molecule has 0 amide bonds. The Morgan fingerprint density at radius 1 is 0.818 bits per heavy atom. The van der Waals surface area contributed by atoms with Gasteiger partial charge in [-0.15, -0.1) is 25.2 Å². The van der Waals surface area contributed by atoms with Crippen LogP contribution >= 0.6 is 0 Å². The molecule has 0 spiro atoms. The summed E-state index contributed by atoms with van der Waals surface area (Å²) in [6, 6.07) is -0.513. The smallest absolute Gasteiger partial charge is 0.0573 e. The third kappa shape index (κ3) is 7.07. The van der Waals surface area contributed by atoms with E-state index in [1.807, 2.05) is 0 Å². The van der Waals surface area contributed by atoms with Gasteiger partial charge in [-0.1, -0.05) is 50.3 Å². The SMILES string of the molecule is O.[Cu].[O-]C(=NCCN=C([O-])C1CCCC[N-]1)C1CCCC[N-]1. The van der Waals surface area contributed by atoms with Crippen molar-refractivity contribution >= 4 is 11.8 Å². The van der Waals surface area contributed by atoms with Gasteiger partial charge in [0.05, 0.1) is 13.1 Å². The van der Waals surface area contributed by atoms with Crippen LogP contribution in [0, 0.1) is 0 Å². The molecule has 2 N–H and O–H groups in total. The predicted octanol–water partition coefficient (Wildman–Crippen LogP) is -0.471. The van der Waals surface area contributed by atoms with Crippen LogP contribution in [0.4, 0.5) is 0 Å². The van der Waals surface area contributed by atoms with Crippen LogP contribution < -0.4 is 10.2 Å². The van der Waals surface area contributed by atoms with E-state index in [0.29, 0.717) is 0 Å². The maximum atomic E-state index is 11.7. The van der Waals surface area contributed by atoms with E-state index < -0.39 is 0 Å². The predicted molar refractivity (Wildman–Crippen MR) is 79.9 cm³/mol. The van der Waals surface area contributed by atoms with Gasteiger partial charge in [0.1, 0.15) is 0 Å². The van der Waals surface area contributed by atoms with Gasteiger partial charge in [0.25, 0.3) is 0 Å². The zero-order chi connectivity index (χ0) is 14.2. The minimum atomic E-state index is -0.257. The second-order valence-electron chi connectivity index (χ2n) is 5.28. The summed E-state index contributed by atoms with van der Waals surface area (Å²) in [4.78, 5) is 7.91. The van der Waals surface area contributed by atoms with Crippen LogP contribution in [0.1, 0.15) is 38.5 Å². The van der Waals surface area contributed by atoms with Crippen LogP contribution in [0.2, 0.25) is 0 Å². The van der Waals surface area contributed by atoms with Crippen molar-refractivity contribution in [3.63, 3.8) is 0 Å². The number of piperidine rings is 2. The summed E-state index contributed by atoms with van der Waals surface area (Å²) < 4.78 is 0. The summed E-state index contributed by atoms with van der Waals surface area (Å²) in [5.74, 6) is -0.315. The molecule has 0 aliphatic carbocycles. The van der Waals surface area contributed by atoms with E-state index in [1.54, 1.807) is 0 Å². The Balaban J connectivity index is 0.00000220. The Hall–Kier alpha value is -0.661. The molecule has 8 heteroatoms. The molecule has 2 aliphatic heterocycles. The van der Waals surface area contributed by atoms with Gasteiger partial charge in [-0.25, -0.2) is 0 Å². The molecule has 2 rings (SSSR count). The molecule has 0 aromatic heterocycles. The van der Waals surface area contributed by atoms with Crippen LogP contribution in [0.5, 0.6) is 0 Å². The van der Waals surface area contributed by atoms with E-state index >= 15 is 0 Å². The van der Waals surface area contributed by atoms with Crippen LogP contribution in [0.25, 0.3) is 10.6 Å². The summed E-state index contributed by atoms with van der Waals surface area (Å²) in [6.07, 6.45) is 5.83. The van der Waals surface area contributed by atoms with Crippen molar-refractivity contribution in [2.75, 3.05) is 26.2 Å². The number of hydrogen-bond acceptors (Lipinski definition) is 4. The minimum absolute atomic E-state index is 0. The summed E-state index contributed by atoms with van der Waals surface area (Å²) >= 11 is 0. The summed E-state index contributed by atoms with van der Waals surface area (Å²) in [5, 5.41) is 32.0. The van der Waals surface area contributed by atoms with Gasteiger partial charge in [-0.05, 0) is 0 Å². The molecule has 22 heavy (non-hydrogen) atoms. The normalized spacial score (nSPS) is 26.7. The third-order valence-corrected chi connectivity index (χ3v) is 3.68. The van der Waals surface area contributed by atoms with Crippen molar-refractivity contribution in [2.45, 2.75) is 50.6 Å². The molecular formula is C14H24CuN4O3-4. The zero-order valence-electron chi connectivity index (χ0n) is 12.6. The van der Waals surface area contributed by atoms with E-state index in [-0.39, 0.29) is 59.5 Å². The first-order valence-electron chi connectivity index (χ1n) is 7.53. The fourth-order valence-corrected chi connectivity index (χ4v) is 2.51. The molecule has 2 saturated heterocycles. The van der Waals surface area contributed by atoms with Crippen molar-refractivity contribution in [2.24, 2.45) is 9.98 Å². The summed E-state index contributed by atoms with van der Waals surface area (Å²) in [6.45, 7) is 2.09. The minimum Gasteiger partial charge on any atom is -0.863 e. The van der Waals surface area contributed by atoms with E-state index in [0.717, 1.165) is 51.6 Å². The first-order chi connectivity index (χ1) is 9.77. The molecule has 133 valence electrons. The maximum absolute atomic E-state index is 11.7. The number of aliphatic imine (C=N–C) groups is 2. The van der Waals surface area contributed by atoms with Crippen LogP contribution in [-0.4, -0.2) is 55.5 Å². The third-order valence-electron chi connectivity index (χ3n) is 3.68. The molecule has 0 saturated carbocycles. The summed E-state index contributed by atoms with van der Waals surface area (Å²) in [5.41, 5.74) is 0. The molecule has 2 unspecified atom stereocenters. The number of rotatable bonds is 5. The first-order valence-corrected chi connectivity index (χ1v) is 7.53. The molecular weight excluding hydrogens is 336 g/mol. The fourth-order valence-electron chi connectivity index (χ4n) is 2.51. The molecule has 7 nitrogen and oxygen atoms in total. The van der Waals surface area contributed by atoms with Gasteiger partial charge >= 0.3 is 0 Å². The Morgan fingerprint density at radius 2 is 1.23 bits per heavy atom. The zero-order valence-corrected chi connectivity index (χ0v) is 13.6. The molecule has 0 aromatic rings. The summed E-state index contributed by atoms with van der Waals surface area (Å²) in [7, 11) is 0. The second-order valence-corrected chi connectivity index (χ2v) is 5.28. The van der Waals surface area contributed by atoms with Crippen LogP contribution in [0.15, 0.2) is 9.98 Å². The number of nitrogens with zero attached hydrogens (tertiary/aromatic N) is 4. The van der Waals surface area contributed by atoms with Crippen molar-refractivity contribution in [1.29, 1.82) is 0 Å². The Labute approximate surface area is 142 Å². The van der Waals surface area contributed by atoms with Crippen molar-refractivity contribution in [1.82, 2.24) is 0 Å². The van der Waals surface area contributed by atoms with Gasteiger partial charge in [-0.3, -0.25) is 0 Å². The Kier molecular flexibility index (Phi) is 11.5. The van der Waals surface area contributed by atoms with E-state index in [1.165, 1.54) is 0 Å². The van der Waals surface area contributed by atoms with E-state index in [9.17, 15) is 10.2 Å². The van der Waals surface area contributed by atoms with Crippen molar-refractivity contribution in [3.05, 3.63) is 10.6 Å². The maximum Gasteiger partial charge on any atom is 0.0573 e. The standard InChI is InChI=1S/C14H24N4O2.Cu.H2O/c19-13(11-5-1-3-7-15-11)17-9-10-18-14(20)12-6-2-4-8-16-12;;/h11-12H,1-10H2,(H,17,19)(H,18,20);;1H2/q-2;;/p-2. The average Bonchev–Trinajstić information content (AvgIpc) is 2.53. The van der Waals surface area contributed by atoms with Crippen molar-refractivity contribution < 1.29 is 32.8 Å². The van der Waals surface area contributed by atoms with Gasteiger partial charge in [0.2, 0.25) is 0 Å². The fraction of sp³-hybridized carbons (Fsp3) is 0.857. The van der Waals surface area contributed by atoms with Gasteiger partial charge in [0.15, 0.2) is 0 Å². The molecule has 1 radical (unpaired) electrons. The Bertz CT molecular complexity index is 320. The molecule has 0 aromatic carbocycles. The molecule has 2 fully saturated rings. The molecule has 2 heterocycles. The van der Waals surface area contributed by atoms with Gasteiger partial charge in [0, 0.05) is 17.1 Å². The quantitative estimate of drug-likeness (QED) is 0.284. The number of hydrogen-bond donors (Lipinski definition) is 0. The first kappa shape index (κ1) is 21.3. The monoisotopic (exact) mass is 359 g/mol. The van der Waals surface area contributed by atoms with E-state index in [4.69, 9.17) is 0 Å². The van der Waals surface area contributed by atoms with Crippen molar-refractivity contribution in [3.8, 4) is 0 Å². The van der Waals surface area contributed by atoms with Crippen LogP contribution in [0.3, 0.4) is 0 Å². The topological polar surface area (TPSA) is 131 Å². The van der Waals surface area contributed by atoms with Gasteiger partial charge < -0.3 is 36.3 Å². The molecule has 2 aliphatic rings. The molecule has 0 bridgehead atoms. The largest absolute Gasteiger partial charge is 0.863 e. The molecule has 2 atom stereocenters. The average molecular weight is 360 g/mol. The Morgan fingerprint density at radius 3 is 1.55 bits per heavy atom. The van der Waals surface area contributed by atoms with Gasteiger partial charge in [-0.2, -0.15) is 0 Å². The van der Waals surface area contributed by atoms with Crippen LogP contribution in [-0.2, 0) is 17.1 Å². The second kappa shape index (κ2) is 11.8. The van der Waals surface area contributed by atoms with E-state index in [2.05, 4.69) is 20.6 Å².